The number of aryl methyl sites for hydroxylation is 1. The molecular weight excluding hydrogens is 212 g/mol. The Labute approximate surface area is 93.7 Å². The van der Waals surface area contributed by atoms with E-state index in [9.17, 15) is 4.79 Å². The SMILES string of the molecule is CCn1ccnc1CSC(C)(C)C(=O)O. The van der Waals surface area contributed by atoms with Gasteiger partial charge in [-0.2, -0.15) is 0 Å². The number of thioether (sulfide) groups is 1. The first kappa shape index (κ1) is 12.1. The smallest absolute Gasteiger partial charge is 0.319 e. The Morgan fingerprint density at radius 1 is 1.67 bits per heavy atom. The minimum absolute atomic E-state index is 0.625. The van der Waals surface area contributed by atoms with Gasteiger partial charge in [0.2, 0.25) is 0 Å². The number of carboxylic acids is 1. The van der Waals surface area contributed by atoms with Gasteiger partial charge in [0.05, 0.1) is 5.75 Å². The van der Waals surface area contributed by atoms with Gasteiger partial charge in [0.25, 0.3) is 0 Å². The molecule has 1 heterocycles. The largest absolute Gasteiger partial charge is 0.480 e. The Morgan fingerprint density at radius 2 is 2.33 bits per heavy atom. The summed E-state index contributed by atoms with van der Waals surface area (Å²) in [5, 5.41) is 8.95. The fraction of sp³-hybridized carbons (Fsp3) is 0.600. The van der Waals surface area contributed by atoms with E-state index in [0.717, 1.165) is 12.4 Å². The van der Waals surface area contributed by atoms with Crippen molar-refractivity contribution in [3.63, 3.8) is 0 Å². The molecule has 1 aromatic heterocycles. The van der Waals surface area contributed by atoms with Crippen LogP contribution in [0.2, 0.25) is 0 Å². The molecule has 0 aromatic carbocycles. The molecule has 84 valence electrons. The molecule has 0 fully saturated rings. The van der Waals surface area contributed by atoms with Gasteiger partial charge in [-0.3, -0.25) is 4.79 Å². The molecule has 0 spiro atoms. The summed E-state index contributed by atoms with van der Waals surface area (Å²) in [6, 6.07) is 0. The molecule has 0 amide bonds. The molecule has 0 unspecified atom stereocenters. The van der Waals surface area contributed by atoms with Gasteiger partial charge in [0.15, 0.2) is 0 Å². The van der Waals surface area contributed by atoms with Crippen LogP contribution in [0.1, 0.15) is 26.6 Å². The normalized spacial score (nSPS) is 11.7. The highest BCUT2D eigenvalue weighted by atomic mass is 32.2. The molecule has 4 nitrogen and oxygen atoms in total. The van der Waals surface area contributed by atoms with Crippen molar-refractivity contribution < 1.29 is 9.90 Å². The van der Waals surface area contributed by atoms with Crippen LogP contribution >= 0.6 is 11.8 Å². The lowest BCUT2D eigenvalue weighted by Crippen LogP contribution is -2.27. The van der Waals surface area contributed by atoms with Crippen LogP contribution in [0.15, 0.2) is 12.4 Å². The average molecular weight is 228 g/mol. The third kappa shape index (κ3) is 2.99. The van der Waals surface area contributed by atoms with Crippen LogP contribution in [0.4, 0.5) is 0 Å². The zero-order chi connectivity index (χ0) is 11.5. The first-order chi connectivity index (χ1) is 6.97. The number of carboxylic acid groups (broad SMARTS) is 1. The van der Waals surface area contributed by atoms with Crippen molar-refractivity contribution >= 4 is 17.7 Å². The second-order valence-electron chi connectivity index (χ2n) is 3.73. The summed E-state index contributed by atoms with van der Waals surface area (Å²) in [4.78, 5) is 15.1. The monoisotopic (exact) mass is 228 g/mol. The van der Waals surface area contributed by atoms with Gasteiger partial charge in [-0.1, -0.05) is 0 Å². The Hall–Kier alpha value is -0.970. The molecule has 1 aromatic rings. The summed E-state index contributed by atoms with van der Waals surface area (Å²) < 4.78 is 1.26. The van der Waals surface area contributed by atoms with Crippen molar-refractivity contribution in [3.05, 3.63) is 18.2 Å². The summed E-state index contributed by atoms with van der Waals surface area (Å²) >= 11 is 1.39. The highest BCUT2D eigenvalue weighted by molar-refractivity contribution is 8.00. The van der Waals surface area contributed by atoms with E-state index in [0.29, 0.717) is 5.75 Å². The molecule has 0 atom stereocenters. The van der Waals surface area contributed by atoms with E-state index in [-0.39, 0.29) is 0 Å². The Bertz CT molecular complexity index is 347. The highest BCUT2D eigenvalue weighted by Gasteiger charge is 2.27. The Morgan fingerprint density at radius 3 is 2.87 bits per heavy atom. The fourth-order valence-corrected chi connectivity index (χ4v) is 1.93. The molecule has 0 aliphatic heterocycles. The van der Waals surface area contributed by atoms with Crippen molar-refractivity contribution in [2.45, 2.75) is 37.8 Å². The van der Waals surface area contributed by atoms with Crippen LogP contribution in [0, 0.1) is 0 Å². The van der Waals surface area contributed by atoms with Crippen molar-refractivity contribution in [2.24, 2.45) is 0 Å². The highest BCUT2D eigenvalue weighted by Crippen LogP contribution is 2.27. The molecule has 0 aliphatic carbocycles. The maximum absolute atomic E-state index is 10.9. The van der Waals surface area contributed by atoms with Crippen LogP contribution in [0.5, 0.6) is 0 Å². The Balaban J connectivity index is 2.61. The summed E-state index contributed by atoms with van der Waals surface area (Å²) in [6.07, 6.45) is 3.65. The van der Waals surface area contributed by atoms with Crippen molar-refractivity contribution in [3.8, 4) is 0 Å². The lowest BCUT2D eigenvalue weighted by molar-refractivity contribution is -0.138. The number of carbonyl (C=O) groups is 1. The maximum atomic E-state index is 10.9. The molecule has 0 saturated carbocycles. The first-order valence-corrected chi connectivity index (χ1v) is 5.83. The van der Waals surface area contributed by atoms with Crippen LogP contribution in [0.25, 0.3) is 0 Å². The topological polar surface area (TPSA) is 55.1 Å². The van der Waals surface area contributed by atoms with Crippen LogP contribution in [0.3, 0.4) is 0 Å². The first-order valence-electron chi connectivity index (χ1n) is 4.84. The number of hydrogen-bond donors (Lipinski definition) is 1. The summed E-state index contributed by atoms with van der Waals surface area (Å²) in [6.45, 7) is 6.32. The van der Waals surface area contributed by atoms with Gasteiger partial charge < -0.3 is 9.67 Å². The zero-order valence-corrected chi connectivity index (χ0v) is 10.0. The van der Waals surface area contributed by atoms with E-state index >= 15 is 0 Å². The minimum atomic E-state index is -0.790. The fourth-order valence-electron chi connectivity index (χ4n) is 1.07. The van der Waals surface area contributed by atoms with Crippen molar-refractivity contribution in [1.82, 2.24) is 9.55 Å². The molecule has 1 rings (SSSR count). The number of aromatic nitrogens is 2. The second kappa shape index (κ2) is 4.70. The maximum Gasteiger partial charge on any atom is 0.319 e. The second-order valence-corrected chi connectivity index (χ2v) is 5.33. The molecule has 15 heavy (non-hydrogen) atoms. The average Bonchev–Trinajstić information content (AvgIpc) is 2.61. The van der Waals surface area contributed by atoms with Gasteiger partial charge in [-0.05, 0) is 20.8 Å². The number of hydrogen-bond acceptors (Lipinski definition) is 3. The number of aliphatic carboxylic acids is 1. The molecule has 0 aliphatic rings. The van der Waals surface area contributed by atoms with E-state index in [1.165, 1.54) is 11.8 Å². The summed E-state index contributed by atoms with van der Waals surface area (Å²) in [7, 11) is 0. The number of rotatable bonds is 5. The lowest BCUT2D eigenvalue weighted by Gasteiger charge is -2.18. The van der Waals surface area contributed by atoms with E-state index in [4.69, 9.17) is 5.11 Å². The van der Waals surface area contributed by atoms with Crippen LogP contribution in [-0.2, 0) is 17.1 Å². The molecular formula is C10H16N2O2S. The minimum Gasteiger partial charge on any atom is -0.480 e. The molecule has 0 radical (unpaired) electrons. The zero-order valence-electron chi connectivity index (χ0n) is 9.23. The van der Waals surface area contributed by atoms with Crippen LogP contribution < -0.4 is 0 Å². The van der Waals surface area contributed by atoms with E-state index in [1.807, 2.05) is 17.7 Å². The molecule has 5 heteroatoms. The van der Waals surface area contributed by atoms with Gasteiger partial charge in [-0.15, -0.1) is 11.8 Å². The predicted octanol–water partition coefficient (Wildman–Crippen LogP) is 2.00. The number of nitrogens with zero attached hydrogens (tertiary/aromatic N) is 2. The number of imidazole rings is 1. The third-order valence-corrected chi connectivity index (χ3v) is 3.52. The lowest BCUT2D eigenvalue weighted by atomic mass is 10.2. The molecule has 1 N–H and O–H groups in total. The molecule has 0 bridgehead atoms. The van der Waals surface area contributed by atoms with Gasteiger partial charge in [0, 0.05) is 18.9 Å². The van der Waals surface area contributed by atoms with Crippen molar-refractivity contribution in [2.75, 3.05) is 0 Å². The van der Waals surface area contributed by atoms with Crippen LogP contribution in [-0.4, -0.2) is 25.4 Å². The van der Waals surface area contributed by atoms with Crippen molar-refractivity contribution in [1.29, 1.82) is 0 Å². The van der Waals surface area contributed by atoms with E-state index < -0.39 is 10.7 Å². The summed E-state index contributed by atoms with van der Waals surface area (Å²) in [5.41, 5.74) is 0. The standard InChI is InChI=1S/C10H16N2O2S/c1-4-12-6-5-11-8(12)7-15-10(2,3)9(13)14/h5-6H,4,7H2,1-3H3,(H,13,14). The van der Waals surface area contributed by atoms with Gasteiger partial charge in [0.1, 0.15) is 10.6 Å². The quantitative estimate of drug-likeness (QED) is 0.837. The summed E-state index contributed by atoms with van der Waals surface area (Å²) in [5.74, 6) is 0.763. The third-order valence-electron chi connectivity index (χ3n) is 2.22. The van der Waals surface area contributed by atoms with E-state index in [1.54, 1.807) is 20.0 Å². The van der Waals surface area contributed by atoms with Gasteiger partial charge in [-0.25, -0.2) is 4.98 Å². The Kier molecular flexibility index (Phi) is 3.79. The van der Waals surface area contributed by atoms with E-state index in [2.05, 4.69) is 4.98 Å². The van der Waals surface area contributed by atoms with Gasteiger partial charge >= 0.3 is 5.97 Å². The predicted molar refractivity (Wildman–Crippen MR) is 60.9 cm³/mol. The molecule has 0 saturated heterocycles.